The molecule has 3 aromatic carbocycles. The predicted octanol–water partition coefficient (Wildman–Crippen LogP) is 3.60. The van der Waals surface area contributed by atoms with Crippen LogP contribution in [0.1, 0.15) is 13.3 Å². The van der Waals surface area contributed by atoms with Crippen molar-refractivity contribution in [3.63, 3.8) is 0 Å². The molecule has 0 spiro atoms. The number of rotatable bonds is 10. The fourth-order valence-corrected chi connectivity index (χ4v) is 5.19. The Morgan fingerprint density at radius 2 is 1.59 bits per heavy atom. The van der Waals surface area contributed by atoms with Crippen LogP contribution in [0.3, 0.4) is 0 Å². The van der Waals surface area contributed by atoms with Crippen molar-refractivity contribution >= 4 is 52.4 Å². The fourth-order valence-electron chi connectivity index (χ4n) is 3.69. The van der Waals surface area contributed by atoms with Crippen LogP contribution >= 0.6 is 0 Å². The summed E-state index contributed by atoms with van der Waals surface area (Å²) in [6.45, 7) is 2.49. The molecule has 0 aliphatic carbocycles. The summed E-state index contributed by atoms with van der Waals surface area (Å²) in [7, 11) is 0. The standard InChI is InChI=1S/C25H23AsNO5/c1-17(28)26-18-6-4-7-19(14-18)31-12-5-13-32-20-10-11-22-21-8-2-3-9-23(21)27(16-25(29)30)24(22)15-20/h2-4,6-11,14-15H,5,12-13,16H2,1H3,(H,29,30). The first-order chi connectivity index (χ1) is 15.5. The van der Waals surface area contributed by atoms with Crippen LogP contribution in [0.5, 0.6) is 11.5 Å². The number of aromatic nitrogens is 1. The van der Waals surface area contributed by atoms with Crippen LogP contribution in [0.15, 0.2) is 66.7 Å². The van der Waals surface area contributed by atoms with Crippen molar-refractivity contribution in [2.24, 2.45) is 0 Å². The summed E-state index contributed by atoms with van der Waals surface area (Å²) in [4.78, 5) is 22.7. The number of hydrogen-bond acceptors (Lipinski definition) is 4. The Labute approximate surface area is 192 Å². The first-order valence-electron chi connectivity index (χ1n) is 10.3. The number of ether oxygens (including phenoxy) is 2. The summed E-state index contributed by atoms with van der Waals surface area (Å²) >= 11 is -0.467. The molecule has 0 fully saturated rings. The number of carbonyl (C=O) groups excluding carboxylic acids is 1. The van der Waals surface area contributed by atoms with Crippen molar-refractivity contribution in [3.05, 3.63) is 66.7 Å². The maximum absolute atomic E-state index is 11.4. The van der Waals surface area contributed by atoms with E-state index < -0.39 is 21.7 Å². The Hall–Kier alpha value is -3.24. The van der Waals surface area contributed by atoms with E-state index in [0.29, 0.717) is 25.4 Å². The van der Waals surface area contributed by atoms with E-state index in [-0.39, 0.29) is 11.1 Å². The van der Waals surface area contributed by atoms with Gasteiger partial charge >= 0.3 is 141 Å². The molecule has 1 radical (unpaired) electrons. The second-order valence-electron chi connectivity index (χ2n) is 7.35. The van der Waals surface area contributed by atoms with E-state index in [1.54, 1.807) is 11.5 Å². The van der Waals surface area contributed by atoms with Crippen molar-refractivity contribution in [1.82, 2.24) is 4.57 Å². The molecule has 6 nitrogen and oxygen atoms in total. The molecule has 0 aliphatic rings. The summed E-state index contributed by atoms with van der Waals surface area (Å²) in [6, 6.07) is 21.3. The zero-order valence-electron chi connectivity index (χ0n) is 17.7. The predicted molar refractivity (Wildman–Crippen MR) is 125 cm³/mol. The zero-order valence-corrected chi connectivity index (χ0v) is 19.5. The summed E-state index contributed by atoms with van der Waals surface area (Å²) in [6.07, 6.45) is 0.695. The third kappa shape index (κ3) is 5.14. The molecule has 1 heterocycles. The molecule has 7 heteroatoms. The summed E-state index contributed by atoms with van der Waals surface area (Å²) < 4.78 is 14.8. The van der Waals surface area contributed by atoms with Gasteiger partial charge in [-0.1, -0.05) is 18.2 Å². The van der Waals surface area contributed by atoms with Crippen LogP contribution in [0.25, 0.3) is 21.8 Å². The number of carboxylic acid groups (broad SMARTS) is 1. The Balaban J connectivity index is 1.39. The second kappa shape index (κ2) is 9.92. The van der Waals surface area contributed by atoms with Gasteiger partial charge in [-0.15, -0.1) is 0 Å². The van der Waals surface area contributed by atoms with Gasteiger partial charge in [0, 0.05) is 10.9 Å². The monoisotopic (exact) mass is 492 g/mol. The molecule has 0 aliphatic heterocycles. The average Bonchev–Trinajstić information content (AvgIpc) is 3.06. The van der Waals surface area contributed by atoms with E-state index in [4.69, 9.17) is 9.47 Å². The van der Waals surface area contributed by atoms with E-state index in [9.17, 15) is 14.7 Å². The van der Waals surface area contributed by atoms with Gasteiger partial charge in [-0.25, -0.2) is 0 Å². The van der Waals surface area contributed by atoms with Gasteiger partial charge in [-0.3, -0.25) is 4.79 Å². The van der Waals surface area contributed by atoms with Crippen molar-refractivity contribution in [3.8, 4) is 11.5 Å². The molecule has 0 bridgehead atoms. The third-order valence-corrected chi connectivity index (χ3v) is 6.75. The van der Waals surface area contributed by atoms with Gasteiger partial charge in [0.05, 0.1) is 0 Å². The second-order valence-corrected chi connectivity index (χ2v) is 10.2. The molecular formula is C25H23AsNO5. The number of hydrogen-bond donors (Lipinski definition) is 1. The molecular weight excluding hydrogens is 469 g/mol. The minimum atomic E-state index is -0.884. The van der Waals surface area contributed by atoms with Crippen LogP contribution < -0.4 is 13.8 Å². The number of carboxylic acids is 1. The number of para-hydroxylation sites is 1. The topological polar surface area (TPSA) is 77.8 Å². The molecule has 0 atom stereocenters. The van der Waals surface area contributed by atoms with Crippen LogP contribution in [-0.4, -0.2) is 49.2 Å². The number of nitrogens with zero attached hydrogens (tertiary/aromatic N) is 1. The summed E-state index contributed by atoms with van der Waals surface area (Å²) in [5.41, 5.74) is 1.73. The number of benzene rings is 3. The van der Waals surface area contributed by atoms with Crippen LogP contribution in [0, 0.1) is 0 Å². The number of carbonyl (C=O) groups is 2. The van der Waals surface area contributed by atoms with Gasteiger partial charge in [-0.2, -0.15) is 0 Å². The molecule has 0 amide bonds. The molecule has 0 unspecified atom stereocenters. The Bertz CT molecular complexity index is 1280. The van der Waals surface area contributed by atoms with Crippen LogP contribution in [0.4, 0.5) is 0 Å². The zero-order chi connectivity index (χ0) is 22.5. The third-order valence-electron chi connectivity index (χ3n) is 4.97. The minimum absolute atomic E-state index is 0.105. The molecule has 1 aromatic heterocycles. The SMILES string of the molecule is CC(=O)[As]c1cccc(OCCCOc2ccc3c4ccccc4n(CC(=O)O)c3c2)c1. The van der Waals surface area contributed by atoms with Crippen LogP contribution in [0.2, 0.25) is 0 Å². The van der Waals surface area contributed by atoms with Gasteiger partial charge in [0.1, 0.15) is 6.54 Å². The molecule has 4 rings (SSSR count). The first-order valence-corrected chi connectivity index (χ1v) is 12.2. The number of aliphatic carboxylic acids is 1. The van der Waals surface area contributed by atoms with Crippen LogP contribution in [-0.2, 0) is 16.1 Å². The Morgan fingerprint density at radius 3 is 2.34 bits per heavy atom. The van der Waals surface area contributed by atoms with Gasteiger partial charge in [0.15, 0.2) is 0 Å². The van der Waals surface area contributed by atoms with Gasteiger partial charge in [0.2, 0.25) is 0 Å². The molecule has 32 heavy (non-hydrogen) atoms. The van der Waals surface area contributed by atoms with E-state index in [2.05, 4.69) is 0 Å². The van der Waals surface area contributed by atoms with Gasteiger partial charge in [-0.05, 0) is 6.07 Å². The van der Waals surface area contributed by atoms with Crippen molar-refractivity contribution in [2.45, 2.75) is 19.9 Å². The average molecular weight is 492 g/mol. The summed E-state index contributed by atoms with van der Waals surface area (Å²) in [5, 5.41) is 11.4. The maximum atomic E-state index is 11.4. The van der Waals surface area contributed by atoms with E-state index in [1.165, 1.54) is 0 Å². The molecule has 1 N–H and O–H groups in total. The van der Waals surface area contributed by atoms with E-state index in [0.717, 1.165) is 31.9 Å². The number of fused-ring (bicyclic) bond motifs is 3. The molecule has 4 aromatic rings. The van der Waals surface area contributed by atoms with Crippen molar-refractivity contribution in [2.75, 3.05) is 13.2 Å². The normalized spacial score (nSPS) is 11.4. The van der Waals surface area contributed by atoms with Gasteiger partial charge in [0.25, 0.3) is 0 Å². The van der Waals surface area contributed by atoms with Crippen molar-refractivity contribution in [1.29, 1.82) is 0 Å². The molecule has 0 saturated carbocycles. The quantitative estimate of drug-likeness (QED) is 0.271. The van der Waals surface area contributed by atoms with Gasteiger partial charge < -0.3 is 5.11 Å². The molecule has 163 valence electrons. The fraction of sp³-hybridized carbons (Fsp3) is 0.200. The molecule has 0 saturated heterocycles. The Morgan fingerprint density at radius 1 is 0.875 bits per heavy atom. The summed E-state index contributed by atoms with van der Waals surface area (Å²) in [5.74, 6) is 0.573. The van der Waals surface area contributed by atoms with Crippen molar-refractivity contribution < 1.29 is 24.2 Å². The van der Waals surface area contributed by atoms with E-state index >= 15 is 0 Å². The first kappa shape index (κ1) is 22.0. The Kier molecular flexibility index (Phi) is 6.81. The van der Waals surface area contributed by atoms with E-state index in [1.807, 2.05) is 66.7 Å².